The van der Waals surface area contributed by atoms with Gasteiger partial charge in [-0.25, -0.2) is 4.79 Å². The number of nitro groups is 1. The minimum Gasteiger partial charge on any atom is -0.497 e. The van der Waals surface area contributed by atoms with E-state index in [-0.39, 0.29) is 12.2 Å². The van der Waals surface area contributed by atoms with E-state index < -0.39 is 11.0 Å². The number of ether oxygens (including phenoxy) is 2. The van der Waals surface area contributed by atoms with Crippen molar-refractivity contribution < 1.29 is 19.2 Å². The van der Waals surface area contributed by atoms with Crippen LogP contribution in [0, 0.1) is 17.0 Å². The molecule has 0 saturated carbocycles. The number of aryl methyl sites for hydroxylation is 1. The minimum atomic E-state index is -0.465. The molecule has 0 unspecified atom stereocenters. The number of anilines is 1. The molecule has 12 heteroatoms. The van der Waals surface area contributed by atoms with Crippen LogP contribution in [0.25, 0.3) is 5.69 Å². The van der Waals surface area contributed by atoms with Crippen LogP contribution in [-0.2, 0) is 12.3 Å². The molecule has 1 heterocycles. The third-order valence-corrected chi connectivity index (χ3v) is 6.49. The van der Waals surface area contributed by atoms with E-state index in [1.54, 1.807) is 34.9 Å². The van der Waals surface area contributed by atoms with Crippen LogP contribution in [0.4, 0.5) is 16.2 Å². The Labute approximate surface area is 223 Å². The number of nitro benzene ring substituents is 1. The van der Waals surface area contributed by atoms with Crippen molar-refractivity contribution in [2.24, 2.45) is 0 Å². The Morgan fingerprint density at radius 1 is 1.03 bits per heavy atom. The number of aromatic nitrogens is 3. The van der Waals surface area contributed by atoms with E-state index in [9.17, 15) is 14.9 Å². The third-order valence-electron chi connectivity index (χ3n) is 5.49. The van der Waals surface area contributed by atoms with Crippen molar-refractivity contribution in [1.82, 2.24) is 20.1 Å². The lowest BCUT2D eigenvalue weighted by atomic mass is 10.2. The normalized spacial score (nSPS) is 10.6. The van der Waals surface area contributed by atoms with Gasteiger partial charge in [-0.1, -0.05) is 41.6 Å². The van der Waals surface area contributed by atoms with E-state index in [1.807, 2.05) is 25.1 Å². The molecule has 0 bridgehead atoms. The lowest BCUT2D eigenvalue weighted by Crippen LogP contribution is -2.29. The Morgan fingerprint density at radius 2 is 1.74 bits per heavy atom. The summed E-state index contributed by atoms with van der Waals surface area (Å²) in [5.74, 6) is 2.18. The molecule has 0 aliphatic heterocycles. The number of benzene rings is 3. The Morgan fingerprint density at radius 3 is 2.37 bits per heavy atom. The predicted octanol–water partition coefficient (Wildman–Crippen LogP) is 5.12. The summed E-state index contributed by atoms with van der Waals surface area (Å²) in [5.41, 5.74) is 3.39. The van der Waals surface area contributed by atoms with Crippen LogP contribution in [0.2, 0.25) is 0 Å². The largest absolute Gasteiger partial charge is 0.497 e. The number of hydrogen-bond acceptors (Lipinski definition) is 8. The SMILES string of the molecule is COc1cc(NC(=O)NCc2nnc(SCc3cccc(C)c3)n2-c2ccc([N+](=O)[O-])cc2)cc(OC)c1. The fourth-order valence-electron chi connectivity index (χ4n) is 3.66. The van der Waals surface area contributed by atoms with Crippen molar-refractivity contribution in [2.45, 2.75) is 24.4 Å². The number of nitrogens with one attached hydrogen (secondary N) is 2. The quantitative estimate of drug-likeness (QED) is 0.163. The van der Waals surface area contributed by atoms with Gasteiger partial charge in [-0.2, -0.15) is 0 Å². The average molecular weight is 535 g/mol. The van der Waals surface area contributed by atoms with Gasteiger partial charge >= 0.3 is 6.03 Å². The fraction of sp³-hybridized carbons (Fsp3) is 0.192. The van der Waals surface area contributed by atoms with Crippen LogP contribution in [0.15, 0.2) is 71.9 Å². The maximum absolute atomic E-state index is 12.7. The summed E-state index contributed by atoms with van der Waals surface area (Å²) in [4.78, 5) is 23.3. The van der Waals surface area contributed by atoms with Crippen molar-refractivity contribution >= 4 is 29.2 Å². The topological polar surface area (TPSA) is 133 Å². The highest BCUT2D eigenvalue weighted by atomic mass is 32.2. The molecule has 11 nitrogen and oxygen atoms in total. The third kappa shape index (κ3) is 6.59. The van der Waals surface area contributed by atoms with Gasteiger partial charge in [-0.3, -0.25) is 14.7 Å². The minimum absolute atomic E-state index is 0.0245. The number of thioether (sulfide) groups is 1. The van der Waals surface area contributed by atoms with Gasteiger partial charge in [0.1, 0.15) is 11.5 Å². The van der Waals surface area contributed by atoms with E-state index >= 15 is 0 Å². The first-order valence-corrected chi connectivity index (χ1v) is 12.5. The molecule has 38 heavy (non-hydrogen) atoms. The summed E-state index contributed by atoms with van der Waals surface area (Å²) in [5, 5.41) is 25.9. The molecule has 4 rings (SSSR count). The Balaban J connectivity index is 1.54. The second-order valence-electron chi connectivity index (χ2n) is 8.19. The van der Waals surface area contributed by atoms with Crippen LogP contribution in [0.5, 0.6) is 11.5 Å². The molecule has 2 amide bonds. The second kappa shape index (κ2) is 12.1. The predicted molar refractivity (Wildman–Crippen MR) is 144 cm³/mol. The monoisotopic (exact) mass is 534 g/mol. The van der Waals surface area contributed by atoms with Gasteiger partial charge in [0.15, 0.2) is 11.0 Å². The first kappa shape index (κ1) is 26.5. The van der Waals surface area contributed by atoms with Crippen molar-refractivity contribution in [3.8, 4) is 17.2 Å². The summed E-state index contributed by atoms with van der Waals surface area (Å²) in [7, 11) is 3.05. The number of carbonyl (C=O) groups excluding carboxylic acids is 1. The molecule has 0 saturated heterocycles. The Hall–Kier alpha value is -4.58. The molecular weight excluding hydrogens is 508 g/mol. The Bertz CT molecular complexity index is 1420. The molecule has 1 aromatic heterocycles. The summed E-state index contributed by atoms with van der Waals surface area (Å²) in [6.45, 7) is 2.09. The fourth-order valence-corrected chi connectivity index (χ4v) is 4.57. The van der Waals surface area contributed by atoms with Gasteiger partial charge in [0.2, 0.25) is 0 Å². The van der Waals surface area contributed by atoms with Crippen LogP contribution >= 0.6 is 11.8 Å². The van der Waals surface area contributed by atoms with Crippen molar-refractivity contribution in [3.05, 3.63) is 93.8 Å². The number of hydrogen-bond donors (Lipinski definition) is 2. The number of methoxy groups -OCH3 is 2. The molecule has 0 aliphatic carbocycles. The zero-order valence-electron chi connectivity index (χ0n) is 21.0. The van der Waals surface area contributed by atoms with Gasteiger partial charge in [0.05, 0.1) is 25.7 Å². The number of amides is 2. The smallest absolute Gasteiger partial charge is 0.319 e. The van der Waals surface area contributed by atoms with E-state index in [1.165, 1.54) is 38.1 Å². The molecule has 4 aromatic rings. The Kier molecular flexibility index (Phi) is 8.44. The zero-order valence-corrected chi connectivity index (χ0v) is 21.8. The zero-order chi connectivity index (χ0) is 27.1. The number of urea groups is 1. The van der Waals surface area contributed by atoms with Crippen LogP contribution in [0.1, 0.15) is 17.0 Å². The number of non-ortho nitro benzene ring substituents is 1. The van der Waals surface area contributed by atoms with E-state index in [0.717, 1.165) is 11.1 Å². The highest BCUT2D eigenvalue weighted by Crippen LogP contribution is 2.28. The van der Waals surface area contributed by atoms with E-state index in [2.05, 4.69) is 26.9 Å². The molecule has 0 radical (unpaired) electrons. The maximum atomic E-state index is 12.7. The second-order valence-corrected chi connectivity index (χ2v) is 9.14. The number of rotatable bonds is 10. The summed E-state index contributed by atoms with van der Waals surface area (Å²) in [6.07, 6.45) is 0. The van der Waals surface area contributed by atoms with Gasteiger partial charge in [-0.05, 0) is 24.6 Å². The molecule has 0 fully saturated rings. The highest BCUT2D eigenvalue weighted by molar-refractivity contribution is 7.98. The summed E-state index contributed by atoms with van der Waals surface area (Å²) >= 11 is 1.48. The van der Waals surface area contributed by atoms with Gasteiger partial charge in [0.25, 0.3) is 5.69 Å². The van der Waals surface area contributed by atoms with E-state index in [0.29, 0.717) is 39.6 Å². The average Bonchev–Trinajstić information content (AvgIpc) is 3.33. The van der Waals surface area contributed by atoms with E-state index in [4.69, 9.17) is 9.47 Å². The van der Waals surface area contributed by atoms with Gasteiger partial charge in [-0.15, -0.1) is 10.2 Å². The highest BCUT2D eigenvalue weighted by Gasteiger charge is 2.17. The lowest BCUT2D eigenvalue weighted by molar-refractivity contribution is -0.384. The van der Waals surface area contributed by atoms with Gasteiger partial charge in [0, 0.05) is 47.5 Å². The first-order chi connectivity index (χ1) is 18.4. The van der Waals surface area contributed by atoms with Crippen LogP contribution in [-0.4, -0.2) is 39.9 Å². The van der Waals surface area contributed by atoms with Crippen molar-refractivity contribution in [1.29, 1.82) is 0 Å². The molecular formula is C26H26N6O5S. The summed E-state index contributed by atoms with van der Waals surface area (Å²) < 4.78 is 12.3. The maximum Gasteiger partial charge on any atom is 0.319 e. The van der Waals surface area contributed by atoms with Crippen molar-refractivity contribution in [3.63, 3.8) is 0 Å². The van der Waals surface area contributed by atoms with Crippen LogP contribution in [0.3, 0.4) is 0 Å². The molecule has 0 aliphatic rings. The van der Waals surface area contributed by atoms with Crippen LogP contribution < -0.4 is 20.1 Å². The number of carbonyl (C=O) groups is 1. The molecule has 0 atom stereocenters. The number of nitrogens with zero attached hydrogens (tertiary/aromatic N) is 4. The summed E-state index contributed by atoms with van der Waals surface area (Å²) in [6, 6.07) is 18.8. The molecule has 196 valence electrons. The van der Waals surface area contributed by atoms with Gasteiger partial charge < -0.3 is 20.1 Å². The molecule has 0 spiro atoms. The van der Waals surface area contributed by atoms with Crippen molar-refractivity contribution in [2.75, 3.05) is 19.5 Å². The molecule has 3 aromatic carbocycles. The standard InChI is InChI=1S/C26H26N6O5S/c1-17-5-4-6-18(11-17)16-38-26-30-29-24(31(26)20-7-9-21(10-8-20)32(34)35)15-27-25(33)28-19-12-22(36-2)14-23(13-19)37-3/h4-14H,15-16H2,1-3H3,(H2,27,28,33). The lowest BCUT2D eigenvalue weighted by Gasteiger charge is -2.12. The first-order valence-electron chi connectivity index (χ1n) is 11.5. The molecule has 2 N–H and O–H groups in total.